The zero-order valence-corrected chi connectivity index (χ0v) is 13.7. The lowest BCUT2D eigenvalue weighted by molar-refractivity contribution is 0.283. The van der Waals surface area contributed by atoms with Gasteiger partial charge in [0.2, 0.25) is 0 Å². The molecule has 1 aliphatic heterocycles. The Bertz CT molecular complexity index is 636. The van der Waals surface area contributed by atoms with Gasteiger partial charge in [0.05, 0.1) is 23.4 Å². The van der Waals surface area contributed by atoms with Crippen LogP contribution in [0.4, 0.5) is 0 Å². The standard InChI is InChI=1S/C17H22N2OS/c1-4-18-15(17-11(2)19-12(3)21-17)14-9-5-7-13-8-6-10-20-16(13)14/h5,7,9,15,18H,4,6,8,10H2,1-3H3. The Morgan fingerprint density at radius 1 is 1.38 bits per heavy atom. The molecule has 0 radical (unpaired) electrons. The maximum atomic E-state index is 5.99. The molecule has 3 rings (SSSR count). The molecule has 1 atom stereocenters. The highest BCUT2D eigenvalue weighted by Gasteiger charge is 2.24. The minimum atomic E-state index is 0.175. The molecule has 3 nitrogen and oxygen atoms in total. The Morgan fingerprint density at radius 2 is 2.24 bits per heavy atom. The van der Waals surface area contributed by atoms with E-state index in [9.17, 15) is 0 Å². The van der Waals surface area contributed by atoms with E-state index < -0.39 is 0 Å². The van der Waals surface area contributed by atoms with Gasteiger partial charge in [0, 0.05) is 10.4 Å². The summed E-state index contributed by atoms with van der Waals surface area (Å²) in [4.78, 5) is 5.89. The van der Waals surface area contributed by atoms with Gasteiger partial charge in [-0.1, -0.05) is 25.1 Å². The molecule has 1 unspecified atom stereocenters. The van der Waals surface area contributed by atoms with Gasteiger partial charge < -0.3 is 10.1 Å². The first kappa shape index (κ1) is 14.5. The van der Waals surface area contributed by atoms with Gasteiger partial charge in [-0.3, -0.25) is 0 Å². The van der Waals surface area contributed by atoms with Gasteiger partial charge >= 0.3 is 0 Å². The average molecular weight is 302 g/mol. The minimum absolute atomic E-state index is 0.175. The van der Waals surface area contributed by atoms with Crippen molar-refractivity contribution in [3.63, 3.8) is 0 Å². The van der Waals surface area contributed by atoms with Crippen molar-refractivity contribution in [1.29, 1.82) is 0 Å². The molecular formula is C17H22N2OS. The van der Waals surface area contributed by atoms with E-state index in [4.69, 9.17) is 4.74 Å². The molecule has 0 saturated carbocycles. The zero-order valence-electron chi connectivity index (χ0n) is 12.9. The molecule has 0 fully saturated rings. The lowest BCUT2D eigenvalue weighted by Gasteiger charge is -2.25. The van der Waals surface area contributed by atoms with E-state index in [1.807, 2.05) is 0 Å². The molecule has 1 aromatic carbocycles. The summed E-state index contributed by atoms with van der Waals surface area (Å²) < 4.78 is 5.99. The summed E-state index contributed by atoms with van der Waals surface area (Å²) in [6.45, 7) is 8.06. The maximum Gasteiger partial charge on any atom is 0.127 e. The Kier molecular flexibility index (Phi) is 4.27. The van der Waals surface area contributed by atoms with Gasteiger partial charge in [0.15, 0.2) is 0 Å². The molecule has 4 heteroatoms. The van der Waals surface area contributed by atoms with E-state index in [1.54, 1.807) is 11.3 Å². The lowest BCUT2D eigenvalue weighted by atomic mass is 9.96. The van der Waals surface area contributed by atoms with Crippen LogP contribution in [0.15, 0.2) is 18.2 Å². The van der Waals surface area contributed by atoms with Gasteiger partial charge in [-0.2, -0.15) is 0 Å². The molecule has 1 aromatic heterocycles. The lowest BCUT2D eigenvalue weighted by Crippen LogP contribution is -2.23. The number of aryl methyl sites for hydroxylation is 3. The third-order valence-electron chi connectivity index (χ3n) is 3.88. The number of thiazole rings is 1. The number of hydrogen-bond acceptors (Lipinski definition) is 4. The summed E-state index contributed by atoms with van der Waals surface area (Å²) in [5.41, 5.74) is 3.71. The number of hydrogen-bond donors (Lipinski definition) is 1. The monoisotopic (exact) mass is 302 g/mol. The third kappa shape index (κ3) is 2.83. The molecule has 0 amide bonds. The number of rotatable bonds is 4. The van der Waals surface area contributed by atoms with Gasteiger partial charge in [-0.05, 0) is 38.8 Å². The van der Waals surface area contributed by atoms with Gasteiger partial charge in [-0.25, -0.2) is 4.98 Å². The summed E-state index contributed by atoms with van der Waals surface area (Å²) in [6, 6.07) is 6.70. The molecule has 2 aromatic rings. The second-order valence-electron chi connectivity index (χ2n) is 5.46. The van der Waals surface area contributed by atoms with Crippen molar-refractivity contribution >= 4 is 11.3 Å². The molecular weight excluding hydrogens is 280 g/mol. The van der Waals surface area contributed by atoms with Crippen LogP contribution in [0.1, 0.15) is 46.1 Å². The number of benzene rings is 1. The van der Waals surface area contributed by atoms with Gasteiger partial charge in [-0.15, -0.1) is 11.3 Å². The molecule has 112 valence electrons. The highest BCUT2D eigenvalue weighted by Crippen LogP contribution is 2.38. The van der Waals surface area contributed by atoms with Crippen LogP contribution in [-0.4, -0.2) is 18.1 Å². The first-order valence-corrected chi connectivity index (χ1v) is 8.44. The zero-order chi connectivity index (χ0) is 14.8. The molecule has 0 saturated heterocycles. The highest BCUT2D eigenvalue weighted by atomic mass is 32.1. The summed E-state index contributed by atoms with van der Waals surface area (Å²) in [5, 5.41) is 4.73. The normalized spacial score (nSPS) is 15.4. The van der Waals surface area contributed by atoms with Crippen LogP contribution in [0, 0.1) is 13.8 Å². The first-order chi connectivity index (χ1) is 10.2. The molecule has 1 aliphatic rings. The van der Waals surface area contributed by atoms with E-state index >= 15 is 0 Å². The largest absolute Gasteiger partial charge is 0.493 e. The average Bonchev–Trinajstić information content (AvgIpc) is 2.83. The van der Waals surface area contributed by atoms with E-state index in [1.165, 1.54) is 16.0 Å². The Balaban J connectivity index is 2.07. The Hall–Kier alpha value is -1.39. The van der Waals surface area contributed by atoms with Crippen LogP contribution in [0.2, 0.25) is 0 Å². The molecule has 0 spiro atoms. The summed E-state index contributed by atoms with van der Waals surface area (Å²) in [6.07, 6.45) is 2.23. The SMILES string of the molecule is CCNC(c1cccc2c1OCCC2)c1sc(C)nc1C. The number of nitrogens with one attached hydrogen (secondary N) is 1. The van der Waals surface area contributed by atoms with Crippen molar-refractivity contribution in [2.45, 2.75) is 39.7 Å². The summed E-state index contributed by atoms with van der Waals surface area (Å²) in [5.74, 6) is 1.08. The van der Waals surface area contributed by atoms with Gasteiger partial charge in [0.1, 0.15) is 5.75 Å². The van der Waals surface area contributed by atoms with E-state index in [0.29, 0.717) is 0 Å². The van der Waals surface area contributed by atoms with Crippen molar-refractivity contribution in [3.8, 4) is 5.75 Å². The fourth-order valence-corrected chi connectivity index (χ4v) is 4.03. The second-order valence-corrected chi connectivity index (χ2v) is 6.70. The second kappa shape index (κ2) is 6.16. The number of ether oxygens (including phenoxy) is 1. The topological polar surface area (TPSA) is 34.1 Å². The van der Waals surface area contributed by atoms with Crippen LogP contribution < -0.4 is 10.1 Å². The number of nitrogens with zero attached hydrogens (tertiary/aromatic N) is 1. The molecule has 2 heterocycles. The number of fused-ring (bicyclic) bond motifs is 1. The van der Waals surface area contributed by atoms with Crippen molar-refractivity contribution < 1.29 is 4.74 Å². The number of aromatic nitrogens is 1. The van der Waals surface area contributed by atoms with Crippen molar-refractivity contribution in [2.24, 2.45) is 0 Å². The summed E-state index contributed by atoms with van der Waals surface area (Å²) >= 11 is 1.78. The van der Waals surface area contributed by atoms with Crippen LogP contribution >= 0.6 is 11.3 Å². The van der Waals surface area contributed by atoms with Crippen LogP contribution in [-0.2, 0) is 6.42 Å². The van der Waals surface area contributed by atoms with Crippen molar-refractivity contribution in [1.82, 2.24) is 10.3 Å². The van der Waals surface area contributed by atoms with Gasteiger partial charge in [0.25, 0.3) is 0 Å². The van der Waals surface area contributed by atoms with Crippen molar-refractivity contribution in [3.05, 3.63) is 44.9 Å². The first-order valence-electron chi connectivity index (χ1n) is 7.62. The maximum absolute atomic E-state index is 5.99. The fourth-order valence-electron chi connectivity index (χ4n) is 3.00. The van der Waals surface area contributed by atoms with Crippen LogP contribution in [0.5, 0.6) is 5.75 Å². The van der Waals surface area contributed by atoms with Crippen LogP contribution in [0.25, 0.3) is 0 Å². The predicted molar refractivity (Wildman–Crippen MR) is 87.4 cm³/mol. The predicted octanol–water partition coefficient (Wildman–Crippen LogP) is 3.78. The molecule has 21 heavy (non-hydrogen) atoms. The quantitative estimate of drug-likeness (QED) is 0.933. The Morgan fingerprint density at radius 3 is 2.95 bits per heavy atom. The van der Waals surface area contributed by atoms with E-state index in [2.05, 4.69) is 49.3 Å². The Labute approximate surface area is 130 Å². The molecule has 0 aliphatic carbocycles. The van der Waals surface area contributed by atoms with E-state index in [-0.39, 0.29) is 6.04 Å². The smallest absolute Gasteiger partial charge is 0.127 e. The minimum Gasteiger partial charge on any atom is -0.493 e. The fraction of sp³-hybridized carbons (Fsp3) is 0.471. The molecule has 0 bridgehead atoms. The van der Waals surface area contributed by atoms with E-state index in [0.717, 1.165) is 42.4 Å². The van der Waals surface area contributed by atoms with Crippen LogP contribution in [0.3, 0.4) is 0 Å². The molecule has 1 N–H and O–H groups in total. The summed E-state index contributed by atoms with van der Waals surface area (Å²) in [7, 11) is 0. The highest BCUT2D eigenvalue weighted by molar-refractivity contribution is 7.11. The third-order valence-corrected chi connectivity index (χ3v) is 5.02. The number of para-hydroxylation sites is 1. The van der Waals surface area contributed by atoms with Crippen molar-refractivity contribution in [2.75, 3.05) is 13.2 Å².